The van der Waals surface area contributed by atoms with E-state index in [4.69, 9.17) is 9.47 Å². The summed E-state index contributed by atoms with van der Waals surface area (Å²) in [6.45, 7) is 1.28. The van der Waals surface area contributed by atoms with Gasteiger partial charge >= 0.3 is 5.97 Å². The molecule has 114 valence electrons. The van der Waals surface area contributed by atoms with Gasteiger partial charge in [-0.1, -0.05) is 12.8 Å². The number of esters is 1. The van der Waals surface area contributed by atoms with Crippen molar-refractivity contribution < 1.29 is 19.4 Å². The summed E-state index contributed by atoms with van der Waals surface area (Å²) in [6, 6.07) is -0.307. The summed E-state index contributed by atoms with van der Waals surface area (Å²) < 4.78 is 11.1. The molecule has 3 unspecified atom stereocenters. The van der Waals surface area contributed by atoms with Gasteiger partial charge in [0.1, 0.15) is 6.04 Å². The number of ether oxygens (including phenoxy) is 2. The number of carbonyl (C=O) groups excluding carboxylic acids is 1. The van der Waals surface area contributed by atoms with Crippen LogP contribution in [0, 0.1) is 0 Å². The normalized spacial score (nSPS) is 36.8. The number of hydrogen-bond donors (Lipinski definition) is 1. The third-order valence-corrected chi connectivity index (χ3v) is 5.15. The first-order valence-electron chi connectivity index (χ1n) is 7.80. The van der Waals surface area contributed by atoms with Crippen LogP contribution in [0.25, 0.3) is 0 Å². The highest BCUT2D eigenvalue weighted by Gasteiger charge is 2.44. The van der Waals surface area contributed by atoms with Crippen molar-refractivity contribution in [3.05, 3.63) is 0 Å². The van der Waals surface area contributed by atoms with Crippen LogP contribution >= 0.6 is 0 Å². The average molecular weight is 283 g/mol. The van der Waals surface area contributed by atoms with Crippen LogP contribution in [0.1, 0.15) is 44.9 Å². The van der Waals surface area contributed by atoms with Crippen LogP contribution in [0.2, 0.25) is 0 Å². The van der Waals surface area contributed by atoms with Gasteiger partial charge in [0.2, 0.25) is 0 Å². The maximum absolute atomic E-state index is 11.8. The van der Waals surface area contributed by atoms with Crippen molar-refractivity contribution in [2.24, 2.45) is 0 Å². The van der Waals surface area contributed by atoms with Crippen molar-refractivity contribution in [2.45, 2.75) is 68.8 Å². The zero-order valence-electron chi connectivity index (χ0n) is 12.2. The number of methoxy groups -OCH3 is 1. The zero-order valence-corrected chi connectivity index (χ0v) is 12.2. The molecule has 3 rings (SSSR count). The van der Waals surface area contributed by atoms with Crippen molar-refractivity contribution in [1.82, 2.24) is 4.90 Å². The number of hydrogen-bond acceptors (Lipinski definition) is 5. The van der Waals surface area contributed by atoms with Crippen LogP contribution < -0.4 is 0 Å². The van der Waals surface area contributed by atoms with E-state index in [9.17, 15) is 9.90 Å². The fourth-order valence-corrected chi connectivity index (χ4v) is 4.14. The Morgan fingerprint density at radius 2 is 2.15 bits per heavy atom. The quantitative estimate of drug-likeness (QED) is 0.786. The molecule has 1 saturated carbocycles. The summed E-state index contributed by atoms with van der Waals surface area (Å²) in [5, 5.41) is 9.80. The lowest BCUT2D eigenvalue weighted by Crippen LogP contribution is -2.42. The molecule has 0 aromatic carbocycles. The van der Waals surface area contributed by atoms with Crippen LogP contribution in [-0.2, 0) is 14.3 Å². The zero-order chi connectivity index (χ0) is 14.2. The maximum atomic E-state index is 11.8. The second-order valence-corrected chi connectivity index (χ2v) is 6.55. The van der Waals surface area contributed by atoms with E-state index in [-0.39, 0.29) is 23.7 Å². The summed E-state index contributed by atoms with van der Waals surface area (Å²) in [7, 11) is 1.41. The number of aliphatic hydroxyl groups excluding tert-OH is 1. The summed E-state index contributed by atoms with van der Waals surface area (Å²) in [6.07, 6.45) is 7.40. The van der Waals surface area contributed by atoms with Crippen molar-refractivity contribution in [2.75, 3.05) is 20.2 Å². The van der Waals surface area contributed by atoms with Gasteiger partial charge in [0.25, 0.3) is 0 Å². The monoisotopic (exact) mass is 283 g/mol. The molecule has 3 aliphatic rings. The molecule has 0 bridgehead atoms. The average Bonchev–Trinajstić information content (AvgIpc) is 3.13. The second-order valence-electron chi connectivity index (χ2n) is 6.55. The fourth-order valence-electron chi connectivity index (χ4n) is 4.14. The van der Waals surface area contributed by atoms with Crippen LogP contribution in [0.3, 0.4) is 0 Å². The van der Waals surface area contributed by atoms with Crippen molar-refractivity contribution >= 4 is 5.97 Å². The molecule has 3 atom stereocenters. The van der Waals surface area contributed by atoms with Crippen LogP contribution in [0.5, 0.6) is 0 Å². The Bertz CT molecular complexity index is 367. The van der Waals surface area contributed by atoms with Gasteiger partial charge in [-0.3, -0.25) is 9.69 Å². The molecule has 2 heterocycles. The molecule has 1 spiro atoms. The standard InChI is InChI=1S/C15H25NO4/c1-19-14(18)13-8-11(17)9-16(13)10-12-4-7-15(20-12)5-2-3-6-15/h11-13,17H,2-10H2,1H3. The molecule has 20 heavy (non-hydrogen) atoms. The van der Waals surface area contributed by atoms with Gasteiger partial charge in [0.05, 0.1) is 24.9 Å². The Morgan fingerprint density at radius 1 is 1.40 bits per heavy atom. The van der Waals surface area contributed by atoms with E-state index >= 15 is 0 Å². The lowest BCUT2D eigenvalue weighted by Gasteiger charge is -2.28. The highest BCUT2D eigenvalue weighted by molar-refractivity contribution is 5.76. The molecular formula is C15H25NO4. The molecule has 0 amide bonds. The predicted molar refractivity (Wildman–Crippen MR) is 73.3 cm³/mol. The van der Waals surface area contributed by atoms with E-state index < -0.39 is 6.10 Å². The van der Waals surface area contributed by atoms with E-state index in [2.05, 4.69) is 0 Å². The first-order valence-corrected chi connectivity index (χ1v) is 7.80. The van der Waals surface area contributed by atoms with Crippen LogP contribution in [0.15, 0.2) is 0 Å². The molecular weight excluding hydrogens is 258 g/mol. The van der Waals surface area contributed by atoms with Gasteiger partial charge in [-0.05, 0) is 25.7 Å². The highest BCUT2D eigenvalue weighted by atomic mass is 16.5. The molecule has 3 fully saturated rings. The van der Waals surface area contributed by atoms with E-state index in [1.165, 1.54) is 32.8 Å². The van der Waals surface area contributed by atoms with Crippen LogP contribution in [0.4, 0.5) is 0 Å². The first kappa shape index (κ1) is 14.3. The van der Waals surface area contributed by atoms with E-state index in [0.29, 0.717) is 13.0 Å². The number of β-amino-alcohol motifs (C(OH)–C–C–N with tert-alkyl or cyclic N) is 1. The third kappa shape index (κ3) is 2.71. The fraction of sp³-hybridized carbons (Fsp3) is 0.933. The topological polar surface area (TPSA) is 59.0 Å². The SMILES string of the molecule is COC(=O)C1CC(O)CN1CC1CCC2(CCCC2)O1. The Balaban J connectivity index is 1.58. The Labute approximate surface area is 120 Å². The van der Waals surface area contributed by atoms with E-state index in [1.807, 2.05) is 4.90 Å². The molecule has 5 nitrogen and oxygen atoms in total. The number of rotatable bonds is 3. The largest absolute Gasteiger partial charge is 0.468 e. The minimum Gasteiger partial charge on any atom is -0.468 e. The molecule has 0 aromatic heterocycles. The lowest BCUT2D eigenvalue weighted by atomic mass is 9.98. The van der Waals surface area contributed by atoms with Gasteiger partial charge in [-0.15, -0.1) is 0 Å². The summed E-state index contributed by atoms with van der Waals surface area (Å²) in [4.78, 5) is 13.8. The summed E-state index contributed by atoms with van der Waals surface area (Å²) in [5.74, 6) is -0.241. The van der Waals surface area contributed by atoms with Crippen molar-refractivity contribution in [3.63, 3.8) is 0 Å². The van der Waals surface area contributed by atoms with Crippen molar-refractivity contribution in [3.8, 4) is 0 Å². The molecule has 2 saturated heterocycles. The predicted octanol–water partition coefficient (Wildman–Crippen LogP) is 1.09. The number of carbonyl (C=O) groups is 1. The van der Waals surface area contributed by atoms with E-state index in [1.54, 1.807) is 0 Å². The molecule has 1 N–H and O–H groups in total. The van der Waals surface area contributed by atoms with Gasteiger partial charge < -0.3 is 14.6 Å². The molecule has 0 aromatic rings. The molecule has 1 aliphatic carbocycles. The smallest absolute Gasteiger partial charge is 0.323 e. The maximum Gasteiger partial charge on any atom is 0.323 e. The van der Waals surface area contributed by atoms with Gasteiger partial charge in [-0.25, -0.2) is 0 Å². The Hall–Kier alpha value is -0.650. The highest BCUT2D eigenvalue weighted by Crippen LogP contribution is 2.43. The van der Waals surface area contributed by atoms with Gasteiger partial charge in [0.15, 0.2) is 0 Å². The van der Waals surface area contributed by atoms with Gasteiger partial charge in [0, 0.05) is 19.5 Å². The van der Waals surface area contributed by atoms with Gasteiger partial charge in [-0.2, -0.15) is 0 Å². The number of likely N-dealkylation sites (tertiary alicyclic amines) is 1. The minimum absolute atomic E-state index is 0.129. The lowest BCUT2D eigenvalue weighted by molar-refractivity contribution is -0.146. The minimum atomic E-state index is -0.430. The summed E-state index contributed by atoms with van der Waals surface area (Å²) in [5.41, 5.74) is 0.129. The molecule has 5 heteroatoms. The van der Waals surface area contributed by atoms with E-state index in [0.717, 1.165) is 19.4 Å². The first-order chi connectivity index (χ1) is 9.62. The molecule has 2 aliphatic heterocycles. The van der Waals surface area contributed by atoms with Crippen LogP contribution in [-0.4, -0.2) is 60.0 Å². The molecule has 0 radical (unpaired) electrons. The Kier molecular flexibility index (Phi) is 4.02. The Morgan fingerprint density at radius 3 is 2.85 bits per heavy atom. The third-order valence-electron chi connectivity index (χ3n) is 5.15. The number of aliphatic hydroxyl groups is 1. The van der Waals surface area contributed by atoms with Crippen molar-refractivity contribution in [1.29, 1.82) is 0 Å². The second kappa shape index (κ2) is 5.62. The summed E-state index contributed by atoms with van der Waals surface area (Å²) >= 11 is 0. The number of nitrogens with zero attached hydrogens (tertiary/aromatic N) is 1.